The van der Waals surface area contributed by atoms with Crippen molar-refractivity contribution >= 4 is 23.8 Å². The summed E-state index contributed by atoms with van der Waals surface area (Å²) in [5.41, 5.74) is 3.56. The van der Waals surface area contributed by atoms with Gasteiger partial charge in [0.05, 0.1) is 0 Å². The third-order valence-electron chi connectivity index (χ3n) is 5.75. The van der Waals surface area contributed by atoms with Gasteiger partial charge in [0.15, 0.2) is 5.82 Å². The lowest BCUT2D eigenvalue weighted by atomic mass is 9.98. The molecule has 0 aliphatic heterocycles. The van der Waals surface area contributed by atoms with Gasteiger partial charge in [-0.15, -0.1) is 0 Å². The van der Waals surface area contributed by atoms with E-state index in [2.05, 4.69) is 27.9 Å². The Bertz CT molecular complexity index is 1220. The number of amides is 2. The molecule has 3 N–H and O–H groups in total. The van der Waals surface area contributed by atoms with E-state index in [0.717, 1.165) is 26.9 Å². The van der Waals surface area contributed by atoms with Crippen LogP contribution in [-0.2, 0) is 16.6 Å². The molecule has 4 rings (SSSR count). The van der Waals surface area contributed by atoms with Gasteiger partial charge in [-0.2, -0.15) is 5.10 Å². The number of carboxylic acids is 1. The number of aromatic carboxylic acids is 1. The Hall–Kier alpha value is -4.14. The summed E-state index contributed by atoms with van der Waals surface area (Å²) in [7, 11) is 1.47. The molecule has 3 aromatic rings. The molecule has 34 heavy (non-hydrogen) atoms. The number of aromatic nitrogens is 2. The number of carbonyl (C=O) groups is 3. The molecule has 0 saturated heterocycles. The molecule has 9 nitrogen and oxygen atoms in total. The molecule has 0 fully saturated rings. The van der Waals surface area contributed by atoms with Gasteiger partial charge < -0.3 is 20.5 Å². The molecule has 0 bridgehead atoms. The van der Waals surface area contributed by atoms with E-state index in [0.29, 0.717) is 0 Å². The maximum Gasteiger partial charge on any atom is 0.407 e. The third kappa shape index (κ3) is 4.78. The molecule has 0 unspecified atom stereocenters. The Labute approximate surface area is 196 Å². The molecule has 2 amide bonds. The molecule has 0 atom stereocenters. The van der Waals surface area contributed by atoms with Crippen LogP contribution in [0.15, 0.2) is 54.6 Å². The summed E-state index contributed by atoms with van der Waals surface area (Å²) in [5.74, 6) is -1.49. The fraction of sp³-hybridized carbons (Fsp3) is 0.280. The molecular weight excluding hydrogens is 436 g/mol. The van der Waals surface area contributed by atoms with Crippen molar-refractivity contribution in [1.29, 1.82) is 0 Å². The second kappa shape index (κ2) is 9.01. The van der Waals surface area contributed by atoms with Gasteiger partial charge >= 0.3 is 12.1 Å². The quantitative estimate of drug-likeness (QED) is 0.491. The SMILES string of the molecule is Cn1nc(NC(=O)CC(C)(C)NC(=O)OCC2c3ccccc3-c3ccccc32)cc1C(=O)O. The number of anilines is 1. The van der Waals surface area contributed by atoms with Gasteiger partial charge in [0.1, 0.15) is 12.3 Å². The number of nitrogens with one attached hydrogen (secondary N) is 2. The van der Waals surface area contributed by atoms with Crippen molar-refractivity contribution in [2.75, 3.05) is 11.9 Å². The van der Waals surface area contributed by atoms with Gasteiger partial charge in [-0.3, -0.25) is 9.48 Å². The van der Waals surface area contributed by atoms with Crippen molar-refractivity contribution in [1.82, 2.24) is 15.1 Å². The molecule has 1 aliphatic carbocycles. The number of carboxylic acid groups (broad SMARTS) is 1. The second-order valence-electron chi connectivity index (χ2n) is 8.90. The highest BCUT2D eigenvalue weighted by atomic mass is 16.5. The topological polar surface area (TPSA) is 123 Å². The first-order chi connectivity index (χ1) is 16.1. The number of benzene rings is 2. The largest absolute Gasteiger partial charge is 0.477 e. The zero-order chi connectivity index (χ0) is 24.5. The summed E-state index contributed by atoms with van der Waals surface area (Å²) in [6.45, 7) is 3.58. The van der Waals surface area contributed by atoms with E-state index in [4.69, 9.17) is 9.84 Å². The Morgan fingerprint density at radius 1 is 1.06 bits per heavy atom. The van der Waals surface area contributed by atoms with Crippen LogP contribution in [0, 0.1) is 0 Å². The number of rotatable bonds is 7. The fourth-order valence-electron chi connectivity index (χ4n) is 4.27. The summed E-state index contributed by atoms with van der Waals surface area (Å²) < 4.78 is 6.72. The Kier molecular flexibility index (Phi) is 6.10. The lowest BCUT2D eigenvalue weighted by Crippen LogP contribution is -2.46. The molecule has 9 heteroatoms. The highest BCUT2D eigenvalue weighted by Gasteiger charge is 2.30. The van der Waals surface area contributed by atoms with Crippen molar-refractivity contribution in [3.63, 3.8) is 0 Å². The van der Waals surface area contributed by atoms with Crippen molar-refractivity contribution in [2.24, 2.45) is 7.05 Å². The zero-order valence-corrected chi connectivity index (χ0v) is 19.2. The summed E-state index contributed by atoms with van der Waals surface area (Å²) >= 11 is 0. The molecule has 0 radical (unpaired) electrons. The van der Waals surface area contributed by atoms with Crippen LogP contribution in [0.3, 0.4) is 0 Å². The smallest absolute Gasteiger partial charge is 0.407 e. The van der Waals surface area contributed by atoms with Gasteiger partial charge in [0.2, 0.25) is 5.91 Å². The number of nitrogens with zero attached hydrogens (tertiary/aromatic N) is 2. The van der Waals surface area contributed by atoms with E-state index < -0.39 is 23.5 Å². The molecule has 176 valence electrons. The summed E-state index contributed by atoms with van der Waals surface area (Å²) in [5, 5.41) is 18.4. The number of aryl methyl sites for hydroxylation is 1. The number of hydrogen-bond acceptors (Lipinski definition) is 5. The first-order valence-corrected chi connectivity index (χ1v) is 10.8. The van der Waals surface area contributed by atoms with Crippen LogP contribution in [0.2, 0.25) is 0 Å². The van der Waals surface area contributed by atoms with Crippen LogP contribution < -0.4 is 10.6 Å². The summed E-state index contributed by atoms with van der Waals surface area (Å²) in [6.07, 6.45) is -0.679. The number of hydrogen-bond donors (Lipinski definition) is 3. The Morgan fingerprint density at radius 2 is 1.65 bits per heavy atom. The Morgan fingerprint density at radius 3 is 2.21 bits per heavy atom. The molecule has 1 aromatic heterocycles. The van der Waals surface area contributed by atoms with Crippen molar-refractivity contribution in [2.45, 2.75) is 31.7 Å². The first kappa shape index (κ1) is 23.0. The predicted octanol–water partition coefficient (Wildman–Crippen LogP) is 3.76. The number of carbonyl (C=O) groups excluding carboxylic acids is 2. The first-order valence-electron chi connectivity index (χ1n) is 10.8. The average Bonchev–Trinajstić information content (AvgIpc) is 3.29. The van der Waals surface area contributed by atoms with Crippen LogP contribution in [0.4, 0.5) is 10.6 Å². The normalized spacial score (nSPS) is 12.6. The highest BCUT2D eigenvalue weighted by Crippen LogP contribution is 2.44. The predicted molar refractivity (Wildman–Crippen MR) is 126 cm³/mol. The van der Waals surface area contributed by atoms with E-state index in [-0.39, 0.29) is 30.5 Å². The molecule has 2 aromatic carbocycles. The van der Waals surface area contributed by atoms with Gasteiger partial charge in [-0.05, 0) is 36.1 Å². The van der Waals surface area contributed by atoms with Crippen molar-refractivity contribution < 1.29 is 24.2 Å². The lowest BCUT2D eigenvalue weighted by Gasteiger charge is -2.25. The number of ether oxygens (including phenoxy) is 1. The molecule has 0 spiro atoms. The maximum atomic E-state index is 12.6. The van der Waals surface area contributed by atoms with Crippen LogP contribution >= 0.6 is 0 Å². The lowest BCUT2D eigenvalue weighted by molar-refractivity contribution is -0.117. The standard InChI is InChI=1S/C25H26N4O5/c1-25(2,13-22(30)26-21-12-20(23(31)32)29(3)28-21)27-24(33)34-14-19-17-10-6-4-8-15(17)16-9-5-7-11-18(16)19/h4-12,19H,13-14H2,1-3H3,(H,27,33)(H,31,32)(H,26,28,30). The monoisotopic (exact) mass is 462 g/mol. The van der Waals surface area contributed by atoms with Crippen LogP contribution in [0.25, 0.3) is 11.1 Å². The van der Waals surface area contributed by atoms with E-state index in [9.17, 15) is 14.4 Å². The van der Waals surface area contributed by atoms with Gasteiger partial charge in [-0.1, -0.05) is 48.5 Å². The minimum Gasteiger partial charge on any atom is -0.477 e. The fourth-order valence-corrected chi connectivity index (χ4v) is 4.27. The maximum absolute atomic E-state index is 12.6. The van der Waals surface area contributed by atoms with Gasteiger partial charge in [-0.25, -0.2) is 9.59 Å². The van der Waals surface area contributed by atoms with Crippen molar-refractivity contribution in [3.8, 4) is 11.1 Å². The zero-order valence-electron chi connectivity index (χ0n) is 19.2. The molecule has 1 aliphatic rings. The third-order valence-corrected chi connectivity index (χ3v) is 5.75. The minimum absolute atomic E-state index is 0.0497. The number of fused-ring (bicyclic) bond motifs is 3. The van der Waals surface area contributed by atoms with Crippen LogP contribution in [0.5, 0.6) is 0 Å². The van der Waals surface area contributed by atoms with E-state index in [1.165, 1.54) is 13.1 Å². The van der Waals surface area contributed by atoms with Gasteiger partial charge in [0, 0.05) is 31.0 Å². The highest BCUT2D eigenvalue weighted by molar-refractivity contribution is 5.93. The average molecular weight is 463 g/mol. The van der Waals surface area contributed by atoms with Gasteiger partial charge in [0.25, 0.3) is 0 Å². The molecule has 0 saturated carbocycles. The van der Waals surface area contributed by atoms with E-state index >= 15 is 0 Å². The minimum atomic E-state index is -1.15. The van der Waals surface area contributed by atoms with E-state index in [1.807, 2.05) is 36.4 Å². The molecule has 1 heterocycles. The molecular formula is C25H26N4O5. The summed E-state index contributed by atoms with van der Waals surface area (Å²) in [4.78, 5) is 36.1. The van der Waals surface area contributed by atoms with Crippen molar-refractivity contribution in [3.05, 3.63) is 71.4 Å². The van der Waals surface area contributed by atoms with Crippen LogP contribution in [0.1, 0.15) is 47.8 Å². The second-order valence-corrected chi connectivity index (χ2v) is 8.90. The Balaban J connectivity index is 1.34. The number of alkyl carbamates (subject to hydrolysis) is 1. The van der Waals surface area contributed by atoms with Crippen LogP contribution in [-0.4, -0.2) is 45.0 Å². The van der Waals surface area contributed by atoms with E-state index in [1.54, 1.807) is 13.8 Å². The summed E-state index contributed by atoms with van der Waals surface area (Å²) in [6, 6.07) is 17.4.